The minimum absolute atomic E-state index is 0.0106. The maximum absolute atomic E-state index is 15.0. The molecule has 4 heterocycles. The molecule has 3 aliphatic heterocycles. The van der Waals surface area contributed by atoms with Crippen molar-refractivity contribution < 1.29 is 51.3 Å². The number of ketones is 1. The molecule has 0 radical (unpaired) electrons. The van der Waals surface area contributed by atoms with Crippen LogP contribution in [0.5, 0.6) is 17.4 Å². The van der Waals surface area contributed by atoms with Crippen molar-refractivity contribution in [3.63, 3.8) is 0 Å². The molecule has 350 valence electrons. The topological polar surface area (TPSA) is 180 Å². The molecule has 7 atom stereocenters. The van der Waals surface area contributed by atoms with Gasteiger partial charge in [-0.05, 0) is 81.3 Å². The summed E-state index contributed by atoms with van der Waals surface area (Å²) in [5, 5.41) is 0.792. The molecule has 15 nitrogen and oxygen atoms in total. The van der Waals surface area contributed by atoms with Crippen molar-refractivity contribution in [3.8, 4) is 17.4 Å². The molecule has 0 unspecified atom stereocenters. The molecular formula is C48H66N4O11S. The van der Waals surface area contributed by atoms with Gasteiger partial charge in [0.1, 0.15) is 35.8 Å². The van der Waals surface area contributed by atoms with Gasteiger partial charge in [-0.1, -0.05) is 45.8 Å². The third kappa shape index (κ3) is 9.65. The Bertz CT molecular complexity index is 2250. The number of ether oxygens (including phenoxy) is 5. The molecule has 6 aliphatic rings. The number of amides is 2. The minimum Gasteiger partial charge on any atom is -0.494 e. The van der Waals surface area contributed by atoms with E-state index in [2.05, 4.69) is 16.2 Å². The van der Waals surface area contributed by atoms with Gasteiger partial charge in [-0.3, -0.25) is 28.8 Å². The fourth-order valence-electron chi connectivity index (χ4n) is 9.90. The fourth-order valence-corrected chi connectivity index (χ4v) is 11.2. The zero-order chi connectivity index (χ0) is 45.6. The number of hydrogen-bond donors (Lipinski definition) is 1. The number of sulfonamides is 1. The summed E-state index contributed by atoms with van der Waals surface area (Å²) in [5.74, 6) is -1.40. The van der Waals surface area contributed by atoms with Crippen molar-refractivity contribution in [3.05, 3.63) is 36.4 Å². The minimum atomic E-state index is -3.98. The van der Waals surface area contributed by atoms with Gasteiger partial charge in [-0.2, -0.15) is 0 Å². The maximum atomic E-state index is 15.0. The van der Waals surface area contributed by atoms with Crippen molar-refractivity contribution in [1.82, 2.24) is 19.5 Å². The first-order valence-electron chi connectivity index (χ1n) is 23.3. The Morgan fingerprint density at radius 3 is 2.53 bits per heavy atom. The van der Waals surface area contributed by atoms with Crippen LogP contribution in [-0.4, -0.2) is 123 Å². The first-order valence-corrected chi connectivity index (χ1v) is 24.8. The molecule has 1 aromatic heterocycles. The smallest absolute Gasteiger partial charge is 0.306 e. The molecule has 1 aromatic carbocycles. The lowest BCUT2D eigenvalue weighted by Crippen LogP contribution is -2.49. The van der Waals surface area contributed by atoms with Gasteiger partial charge in [0.25, 0.3) is 0 Å². The standard InChI is InChI=1S/C48H66N4O11S/c1-7-31-27-48(31,45(56)50-64(57,58)47(5)16-17-47)28-37(53)36-25-32-29-52(36)44(55)35(46(2,3)4)26-40(54)63-39-24-30(39)12-9-8-10-13-34-42(61-23-20-51-18-21-60-22-19-51)33-14-11-15-38(59-6)41(33)49-43(34)62-32/h7,11,14-15,30-32,35-36,39H,1,8-10,12-13,16-29H2,2-6H3,(H,50,56)/t30-,31-,32-,35-,36+,39-,48-/m1/s1. The van der Waals surface area contributed by atoms with Crippen molar-refractivity contribution in [1.29, 1.82) is 0 Å². The molecule has 3 saturated carbocycles. The second-order valence-corrected chi connectivity index (χ2v) is 22.5. The number of Topliss-reactive ketones (excluding diaryl/α,β-unsaturated/α-hetero) is 1. The highest BCUT2D eigenvalue weighted by Crippen LogP contribution is 2.57. The van der Waals surface area contributed by atoms with Crippen LogP contribution in [0.3, 0.4) is 0 Å². The van der Waals surface area contributed by atoms with Crippen molar-refractivity contribution >= 4 is 44.5 Å². The highest BCUT2D eigenvalue weighted by Gasteiger charge is 2.62. The number of rotatable bonds is 12. The molecule has 2 bridgehead atoms. The number of allylic oxidation sites excluding steroid dienone is 1. The van der Waals surface area contributed by atoms with Crippen LogP contribution in [-0.2, 0) is 45.1 Å². The summed E-state index contributed by atoms with van der Waals surface area (Å²) in [4.78, 5) is 66.3. The van der Waals surface area contributed by atoms with E-state index in [1.807, 2.05) is 39.0 Å². The molecule has 64 heavy (non-hydrogen) atoms. The number of nitrogens with zero attached hydrogens (tertiary/aromatic N) is 3. The zero-order valence-electron chi connectivity index (χ0n) is 38.2. The molecule has 1 N–H and O–H groups in total. The molecule has 16 heteroatoms. The number of para-hydroxylation sites is 1. The number of methoxy groups -OCH3 is 1. The fraction of sp³-hybridized carbons (Fsp3) is 0.688. The third-order valence-corrected chi connectivity index (χ3v) is 16.9. The number of carbonyl (C=O) groups is 4. The van der Waals surface area contributed by atoms with Gasteiger partial charge >= 0.3 is 5.97 Å². The number of fused-ring (bicyclic) bond motifs is 5. The number of carbonyl (C=O) groups excluding carboxylic acids is 4. The second kappa shape index (κ2) is 18.2. The van der Waals surface area contributed by atoms with Gasteiger partial charge in [-0.25, -0.2) is 13.4 Å². The van der Waals surface area contributed by atoms with Crippen LogP contribution in [0.4, 0.5) is 0 Å². The highest BCUT2D eigenvalue weighted by molar-refractivity contribution is 7.91. The van der Waals surface area contributed by atoms with E-state index in [4.69, 9.17) is 28.7 Å². The Labute approximate surface area is 377 Å². The molecule has 0 spiro atoms. The first kappa shape index (κ1) is 46.3. The van der Waals surface area contributed by atoms with E-state index in [1.165, 1.54) is 4.90 Å². The summed E-state index contributed by atoms with van der Waals surface area (Å²) in [6.07, 6.45) is 6.48. The van der Waals surface area contributed by atoms with Gasteiger partial charge in [0.05, 0.1) is 61.0 Å². The number of pyridine rings is 1. The monoisotopic (exact) mass is 906 g/mol. The summed E-state index contributed by atoms with van der Waals surface area (Å²) < 4.78 is 58.8. The molecule has 3 aliphatic carbocycles. The lowest BCUT2D eigenvalue weighted by atomic mass is 9.77. The number of benzene rings is 1. The third-order valence-electron chi connectivity index (χ3n) is 14.7. The second-order valence-electron chi connectivity index (χ2n) is 20.3. The quantitative estimate of drug-likeness (QED) is 0.207. The van der Waals surface area contributed by atoms with Crippen LogP contribution in [0.25, 0.3) is 10.9 Å². The normalized spacial score (nSPS) is 29.8. The predicted molar refractivity (Wildman–Crippen MR) is 238 cm³/mol. The van der Waals surface area contributed by atoms with Crippen LogP contribution >= 0.6 is 0 Å². The number of nitrogens with one attached hydrogen (secondary N) is 1. The van der Waals surface area contributed by atoms with Crippen molar-refractivity contribution in [2.45, 2.75) is 128 Å². The average molecular weight is 907 g/mol. The summed E-state index contributed by atoms with van der Waals surface area (Å²) in [6, 6.07) is 4.69. The van der Waals surface area contributed by atoms with Gasteiger partial charge in [0, 0.05) is 37.9 Å². The Kier molecular flexibility index (Phi) is 13.1. The zero-order valence-corrected chi connectivity index (χ0v) is 39.0. The van der Waals surface area contributed by atoms with Gasteiger partial charge < -0.3 is 28.6 Å². The lowest BCUT2D eigenvalue weighted by molar-refractivity contribution is -0.154. The van der Waals surface area contributed by atoms with Crippen LogP contribution in [0, 0.1) is 28.6 Å². The molecule has 2 amide bonds. The van der Waals surface area contributed by atoms with Crippen LogP contribution in [0.2, 0.25) is 0 Å². The molecule has 8 rings (SSSR count). The average Bonchev–Trinajstić information content (AvgIpc) is 4.22. The molecule has 5 fully saturated rings. The predicted octanol–water partition coefficient (Wildman–Crippen LogP) is 5.55. The van der Waals surface area contributed by atoms with Gasteiger partial charge in [-0.15, -0.1) is 6.58 Å². The van der Waals surface area contributed by atoms with Crippen molar-refractivity contribution in [2.24, 2.45) is 28.6 Å². The van der Waals surface area contributed by atoms with E-state index in [9.17, 15) is 22.8 Å². The largest absolute Gasteiger partial charge is 0.494 e. The highest BCUT2D eigenvalue weighted by atomic mass is 32.2. The van der Waals surface area contributed by atoms with Gasteiger partial charge in [0.2, 0.25) is 27.7 Å². The van der Waals surface area contributed by atoms with Crippen LogP contribution in [0.1, 0.15) is 104 Å². The molecule has 2 aromatic rings. The molecule has 2 saturated heterocycles. The SMILES string of the molecule is C=C[C@@H]1C[C@]1(CC(=O)[C@@H]1C[C@@H]2CN1C(=O)[C@H](C(C)(C)C)CC(=O)O[C@@H]1C[C@H]1CCCCCc1c(nc3c(OC)cccc3c1OCCN1CCOCC1)O2)C(=O)NS(=O)(=O)C1(C)CC1. The van der Waals surface area contributed by atoms with E-state index in [-0.39, 0.29) is 50.2 Å². The summed E-state index contributed by atoms with van der Waals surface area (Å²) in [6.45, 7) is 15.3. The summed E-state index contributed by atoms with van der Waals surface area (Å²) >= 11 is 0. The number of morpholine rings is 1. The van der Waals surface area contributed by atoms with E-state index in [0.29, 0.717) is 68.5 Å². The maximum Gasteiger partial charge on any atom is 0.306 e. The van der Waals surface area contributed by atoms with E-state index in [1.54, 1.807) is 20.1 Å². The molecular weight excluding hydrogens is 841 g/mol. The summed E-state index contributed by atoms with van der Waals surface area (Å²) in [5.41, 5.74) is -0.663. The van der Waals surface area contributed by atoms with E-state index >= 15 is 4.79 Å². The van der Waals surface area contributed by atoms with Crippen molar-refractivity contribution in [2.75, 3.05) is 53.1 Å². The first-order chi connectivity index (χ1) is 30.5. The Morgan fingerprint density at radius 1 is 1.08 bits per heavy atom. The van der Waals surface area contributed by atoms with Crippen LogP contribution < -0.4 is 18.9 Å². The lowest BCUT2D eigenvalue weighted by Gasteiger charge is -2.34. The number of aromatic nitrogens is 1. The van der Waals surface area contributed by atoms with Gasteiger partial charge in [0.15, 0.2) is 5.78 Å². The van der Waals surface area contributed by atoms with E-state index < -0.39 is 67.2 Å². The number of esters is 1. The Balaban J connectivity index is 1.15. The van der Waals surface area contributed by atoms with Crippen LogP contribution in [0.15, 0.2) is 30.9 Å². The Hall–Kier alpha value is -4.28. The number of hydrogen-bond acceptors (Lipinski definition) is 13. The van der Waals surface area contributed by atoms with E-state index in [0.717, 1.165) is 56.1 Å². The Morgan fingerprint density at radius 2 is 1.84 bits per heavy atom. The summed E-state index contributed by atoms with van der Waals surface area (Å²) in [7, 11) is -2.39.